The molecule has 26 heavy (non-hydrogen) atoms. The van der Waals surface area contributed by atoms with E-state index in [4.69, 9.17) is 9.26 Å². The van der Waals surface area contributed by atoms with Crippen LogP contribution in [-0.4, -0.2) is 21.7 Å². The maximum Gasteiger partial charge on any atom is 0.258 e. The van der Waals surface area contributed by atoms with Gasteiger partial charge in [0.25, 0.3) is 5.89 Å². The second-order valence-corrected chi connectivity index (χ2v) is 6.55. The van der Waals surface area contributed by atoms with Crippen LogP contribution in [0.15, 0.2) is 28.8 Å². The van der Waals surface area contributed by atoms with Crippen molar-refractivity contribution < 1.29 is 9.26 Å². The predicted molar refractivity (Wildman–Crippen MR) is 102 cm³/mol. The minimum atomic E-state index is 0.516. The number of rotatable bonds is 6. The molecule has 0 unspecified atom stereocenters. The molecule has 0 atom stereocenters. The first-order valence-electron chi connectivity index (χ1n) is 9.07. The molecule has 2 aromatic heterocycles. The van der Waals surface area contributed by atoms with Gasteiger partial charge in [0.05, 0.1) is 6.61 Å². The normalized spacial score (nSPS) is 11.0. The smallest absolute Gasteiger partial charge is 0.258 e. The van der Waals surface area contributed by atoms with Crippen LogP contribution < -0.4 is 4.74 Å². The van der Waals surface area contributed by atoms with Gasteiger partial charge in [-0.25, -0.2) is 0 Å². The number of nitrogens with zero attached hydrogens (tertiary/aromatic N) is 3. The number of aromatic nitrogens is 3. The fourth-order valence-electron chi connectivity index (χ4n) is 3.01. The van der Waals surface area contributed by atoms with Gasteiger partial charge in [-0.1, -0.05) is 19.0 Å². The molecular formula is C21H25N3O2. The third kappa shape index (κ3) is 3.77. The predicted octanol–water partition coefficient (Wildman–Crippen LogP) is 5.08. The minimum Gasteiger partial charge on any atom is -0.493 e. The zero-order valence-electron chi connectivity index (χ0n) is 16.1. The lowest BCUT2D eigenvalue weighted by atomic mass is 10.1. The van der Waals surface area contributed by atoms with Crippen molar-refractivity contribution in [2.75, 3.05) is 6.61 Å². The zero-order chi connectivity index (χ0) is 18.7. The third-order valence-corrected chi connectivity index (χ3v) is 4.21. The van der Waals surface area contributed by atoms with Gasteiger partial charge in [0, 0.05) is 22.5 Å². The minimum absolute atomic E-state index is 0.516. The Morgan fingerprint density at radius 3 is 2.31 bits per heavy atom. The molecule has 0 bridgehead atoms. The van der Waals surface area contributed by atoms with Gasteiger partial charge >= 0.3 is 0 Å². The summed E-state index contributed by atoms with van der Waals surface area (Å²) in [6, 6.07) is 8.06. The molecule has 0 aliphatic heterocycles. The summed E-state index contributed by atoms with van der Waals surface area (Å²) in [4.78, 5) is 9.09. The fraction of sp³-hybridized carbons (Fsp3) is 0.381. The highest BCUT2D eigenvalue weighted by atomic mass is 16.5. The van der Waals surface area contributed by atoms with Crippen molar-refractivity contribution in [3.05, 3.63) is 46.8 Å². The molecule has 0 amide bonds. The van der Waals surface area contributed by atoms with Gasteiger partial charge in [0.1, 0.15) is 5.75 Å². The van der Waals surface area contributed by atoms with Crippen LogP contribution in [0.1, 0.15) is 42.8 Å². The molecular weight excluding hydrogens is 326 g/mol. The Hall–Kier alpha value is -2.69. The van der Waals surface area contributed by atoms with E-state index in [0.717, 1.165) is 52.2 Å². The molecule has 0 radical (unpaired) electrons. The van der Waals surface area contributed by atoms with Crippen molar-refractivity contribution >= 4 is 0 Å². The van der Waals surface area contributed by atoms with Crippen molar-refractivity contribution in [2.24, 2.45) is 0 Å². The number of ether oxygens (including phenoxy) is 1. The quantitative estimate of drug-likeness (QED) is 0.620. The van der Waals surface area contributed by atoms with Crippen LogP contribution >= 0.6 is 0 Å². The topological polar surface area (TPSA) is 61.0 Å². The average Bonchev–Trinajstić information content (AvgIpc) is 3.10. The molecule has 5 nitrogen and oxygen atoms in total. The number of benzene rings is 1. The number of hydrogen-bond acceptors (Lipinski definition) is 5. The largest absolute Gasteiger partial charge is 0.493 e. The van der Waals surface area contributed by atoms with E-state index in [1.807, 2.05) is 45.0 Å². The Morgan fingerprint density at radius 1 is 0.923 bits per heavy atom. The summed E-state index contributed by atoms with van der Waals surface area (Å²) in [6.07, 6.45) is 1.85. The van der Waals surface area contributed by atoms with Crippen LogP contribution in [0.25, 0.3) is 22.8 Å². The van der Waals surface area contributed by atoms with Crippen molar-refractivity contribution in [3.8, 4) is 28.6 Å². The maximum absolute atomic E-state index is 5.85. The third-order valence-electron chi connectivity index (χ3n) is 4.21. The number of pyridine rings is 1. The van der Waals surface area contributed by atoms with Crippen LogP contribution in [0.2, 0.25) is 0 Å². The van der Waals surface area contributed by atoms with Gasteiger partial charge in [-0.3, -0.25) is 4.98 Å². The highest BCUT2D eigenvalue weighted by molar-refractivity contribution is 5.63. The van der Waals surface area contributed by atoms with Gasteiger partial charge < -0.3 is 9.26 Å². The van der Waals surface area contributed by atoms with E-state index >= 15 is 0 Å². The lowest BCUT2D eigenvalue weighted by Crippen LogP contribution is -1.99. The molecule has 0 spiro atoms. The molecule has 0 aliphatic carbocycles. The summed E-state index contributed by atoms with van der Waals surface area (Å²) in [7, 11) is 0. The molecule has 0 N–H and O–H groups in total. The lowest BCUT2D eigenvalue weighted by molar-refractivity contribution is 0.313. The van der Waals surface area contributed by atoms with E-state index in [1.165, 1.54) is 0 Å². The Kier molecular flexibility index (Phi) is 5.35. The van der Waals surface area contributed by atoms with Crippen LogP contribution in [0.4, 0.5) is 0 Å². The highest BCUT2D eigenvalue weighted by Crippen LogP contribution is 2.30. The van der Waals surface area contributed by atoms with Gasteiger partial charge in [0.2, 0.25) is 5.82 Å². The monoisotopic (exact) mass is 351 g/mol. The van der Waals surface area contributed by atoms with E-state index in [9.17, 15) is 0 Å². The first-order valence-corrected chi connectivity index (χ1v) is 9.07. The maximum atomic E-state index is 5.85. The Balaban J connectivity index is 1.94. The number of aryl methyl sites for hydroxylation is 4. The molecule has 2 heterocycles. The molecule has 1 aromatic carbocycles. The van der Waals surface area contributed by atoms with Crippen LogP contribution in [0, 0.1) is 20.8 Å². The summed E-state index contributed by atoms with van der Waals surface area (Å²) >= 11 is 0. The van der Waals surface area contributed by atoms with Gasteiger partial charge in [-0.2, -0.15) is 4.98 Å². The van der Waals surface area contributed by atoms with Crippen molar-refractivity contribution in [3.63, 3.8) is 0 Å². The molecule has 136 valence electrons. The van der Waals surface area contributed by atoms with Crippen molar-refractivity contribution in [1.29, 1.82) is 0 Å². The van der Waals surface area contributed by atoms with Gasteiger partial charge in [-0.05, 0) is 69.0 Å². The van der Waals surface area contributed by atoms with Crippen molar-refractivity contribution in [1.82, 2.24) is 15.1 Å². The summed E-state index contributed by atoms with van der Waals surface area (Å²) in [5, 5.41) is 4.17. The molecule has 0 aliphatic rings. The van der Waals surface area contributed by atoms with Crippen LogP contribution in [-0.2, 0) is 6.42 Å². The highest BCUT2D eigenvalue weighted by Gasteiger charge is 2.15. The summed E-state index contributed by atoms with van der Waals surface area (Å²) < 4.78 is 11.4. The summed E-state index contributed by atoms with van der Waals surface area (Å²) in [5.74, 6) is 2.04. The lowest BCUT2D eigenvalue weighted by Gasteiger charge is -2.12. The fourth-order valence-corrected chi connectivity index (χ4v) is 3.01. The first kappa shape index (κ1) is 18.1. The summed E-state index contributed by atoms with van der Waals surface area (Å²) in [5.41, 5.74) is 5.96. The van der Waals surface area contributed by atoms with E-state index in [1.54, 1.807) is 0 Å². The molecule has 5 heteroatoms. The Morgan fingerprint density at radius 2 is 1.65 bits per heavy atom. The van der Waals surface area contributed by atoms with Crippen LogP contribution in [0.3, 0.4) is 0 Å². The second kappa shape index (κ2) is 7.68. The molecule has 3 rings (SSSR count). The average molecular weight is 351 g/mol. The van der Waals surface area contributed by atoms with Gasteiger partial charge in [-0.15, -0.1) is 0 Å². The molecule has 3 aromatic rings. The molecule has 0 fully saturated rings. The molecule has 0 saturated carbocycles. The van der Waals surface area contributed by atoms with E-state index in [2.05, 4.69) is 29.0 Å². The second-order valence-electron chi connectivity index (χ2n) is 6.55. The SMILES string of the molecule is CCCOc1c(C)cc(-c2noc(-c3cc(C)nc(CC)c3)n2)cc1C. The molecule has 0 saturated heterocycles. The van der Waals surface area contributed by atoms with E-state index in [-0.39, 0.29) is 0 Å². The Bertz CT molecular complexity index is 892. The summed E-state index contributed by atoms with van der Waals surface area (Å²) in [6.45, 7) is 11.0. The number of hydrogen-bond donors (Lipinski definition) is 0. The van der Waals surface area contributed by atoms with Crippen LogP contribution in [0.5, 0.6) is 5.75 Å². The van der Waals surface area contributed by atoms with Gasteiger partial charge in [0.15, 0.2) is 0 Å². The standard InChI is InChI=1S/C21H25N3O2/c1-6-8-25-19-13(3)9-16(10-14(19)4)20-23-21(26-24-20)17-11-15(5)22-18(7-2)12-17/h9-12H,6-8H2,1-5H3. The van der Waals surface area contributed by atoms with Crippen molar-refractivity contribution in [2.45, 2.75) is 47.5 Å². The zero-order valence-corrected chi connectivity index (χ0v) is 16.1. The Labute approximate surface area is 154 Å². The first-order chi connectivity index (χ1) is 12.5. The van der Waals surface area contributed by atoms with E-state index < -0.39 is 0 Å². The van der Waals surface area contributed by atoms with E-state index in [0.29, 0.717) is 18.3 Å².